The van der Waals surface area contributed by atoms with Crippen molar-refractivity contribution in [3.8, 4) is 11.5 Å². The zero-order valence-corrected chi connectivity index (χ0v) is 13.4. The van der Waals surface area contributed by atoms with Crippen LogP contribution in [0, 0.1) is 0 Å². The van der Waals surface area contributed by atoms with Crippen molar-refractivity contribution in [1.29, 1.82) is 0 Å². The number of benzene rings is 1. The summed E-state index contributed by atoms with van der Waals surface area (Å²) < 4.78 is 21.0. The molecule has 2 N–H and O–H groups in total. The van der Waals surface area contributed by atoms with Crippen LogP contribution in [0.4, 0.5) is 0 Å². The third kappa shape index (κ3) is 4.59. The molecule has 2 rings (SSSR count). The lowest BCUT2D eigenvalue weighted by atomic mass is 10.0. The van der Waals surface area contributed by atoms with Crippen LogP contribution in [-0.2, 0) is 30.4 Å². The van der Waals surface area contributed by atoms with Gasteiger partial charge in [0, 0.05) is 31.4 Å². The van der Waals surface area contributed by atoms with Crippen molar-refractivity contribution >= 4 is 11.9 Å². The maximum atomic E-state index is 11.7. The number of esters is 2. The molecule has 0 spiro atoms. The second-order valence-corrected chi connectivity index (χ2v) is 5.35. The topological polar surface area (TPSA) is 112 Å². The number of aromatic hydroxyl groups is 1. The van der Waals surface area contributed by atoms with Gasteiger partial charge in [0.2, 0.25) is 6.29 Å². The predicted molar refractivity (Wildman–Crippen MR) is 80.1 cm³/mol. The minimum absolute atomic E-state index is 0.119. The van der Waals surface area contributed by atoms with E-state index in [4.69, 9.17) is 19.3 Å². The molecule has 1 aromatic carbocycles. The van der Waals surface area contributed by atoms with E-state index in [1.807, 2.05) is 0 Å². The minimum atomic E-state index is -0.914. The molecule has 24 heavy (non-hydrogen) atoms. The first kappa shape index (κ1) is 18.0. The summed E-state index contributed by atoms with van der Waals surface area (Å²) in [6.45, 7) is 0.981. The van der Waals surface area contributed by atoms with Crippen LogP contribution in [0.25, 0.3) is 0 Å². The van der Waals surface area contributed by atoms with Gasteiger partial charge >= 0.3 is 11.9 Å². The van der Waals surface area contributed by atoms with Gasteiger partial charge in [-0.15, -0.1) is 0 Å². The number of hydrogen-bond donors (Lipinski definition) is 2. The molecule has 132 valence electrons. The fourth-order valence-electron chi connectivity index (χ4n) is 2.44. The maximum absolute atomic E-state index is 11.7. The molecule has 1 saturated heterocycles. The fourth-order valence-corrected chi connectivity index (χ4v) is 2.44. The van der Waals surface area contributed by atoms with E-state index in [0.29, 0.717) is 11.3 Å². The first-order valence-corrected chi connectivity index (χ1v) is 7.42. The molecule has 0 aromatic heterocycles. The average molecular weight is 340 g/mol. The van der Waals surface area contributed by atoms with Gasteiger partial charge in [-0.1, -0.05) is 0 Å². The highest BCUT2D eigenvalue weighted by Gasteiger charge is 2.37. The van der Waals surface area contributed by atoms with E-state index in [1.165, 1.54) is 26.2 Å². The Labute approximate surface area is 138 Å². The third-order valence-corrected chi connectivity index (χ3v) is 3.54. The number of carbonyl (C=O) groups excluding carboxylic acids is 2. The van der Waals surface area contributed by atoms with Gasteiger partial charge < -0.3 is 29.2 Å². The zero-order valence-electron chi connectivity index (χ0n) is 13.4. The molecular formula is C16H20O8. The van der Waals surface area contributed by atoms with Gasteiger partial charge in [-0.2, -0.15) is 0 Å². The highest BCUT2D eigenvalue weighted by atomic mass is 16.7. The summed E-state index contributed by atoms with van der Waals surface area (Å²) in [6, 6.07) is 4.39. The quantitative estimate of drug-likeness (QED) is 0.760. The highest BCUT2D eigenvalue weighted by molar-refractivity contribution is 5.74. The molecule has 8 nitrogen and oxygen atoms in total. The number of aliphatic hydroxyl groups is 1. The number of aliphatic hydroxyl groups excluding tert-OH is 1. The van der Waals surface area contributed by atoms with Gasteiger partial charge in [0.25, 0.3) is 0 Å². The SMILES string of the molecule is COC(=O)[C@@H]1C[C@H](OC(C)=O)C[C@H](Oc2ccc(CO)c(O)c2)O1. The number of carbonyl (C=O) groups is 2. The third-order valence-electron chi connectivity index (χ3n) is 3.54. The average Bonchev–Trinajstić information content (AvgIpc) is 2.53. The van der Waals surface area contributed by atoms with Gasteiger partial charge in [-0.25, -0.2) is 4.79 Å². The zero-order chi connectivity index (χ0) is 17.7. The summed E-state index contributed by atoms with van der Waals surface area (Å²) >= 11 is 0. The Morgan fingerprint density at radius 2 is 2.08 bits per heavy atom. The first-order valence-electron chi connectivity index (χ1n) is 7.42. The fraction of sp³-hybridized carbons (Fsp3) is 0.500. The lowest BCUT2D eigenvalue weighted by molar-refractivity contribution is -0.204. The molecule has 0 radical (unpaired) electrons. The molecule has 1 aliphatic rings. The van der Waals surface area contributed by atoms with Crippen molar-refractivity contribution in [2.45, 2.75) is 44.9 Å². The number of ether oxygens (including phenoxy) is 4. The second-order valence-electron chi connectivity index (χ2n) is 5.35. The predicted octanol–water partition coefficient (Wildman–Crippen LogP) is 0.873. The first-order chi connectivity index (χ1) is 11.4. The van der Waals surface area contributed by atoms with Crippen molar-refractivity contribution in [2.75, 3.05) is 7.11 Å². The van der Waals surface area contributed by atoms with Crippen molar-refractivity contribution in [3.05, 3.63) is 23.8 Å². The number of phenols is 1. The van der Waals surface area contributed by atoms with E-state index in [2.05, 4.69) is 4.74 Å². The van der Waals surface area contributed by atoms with Gasteiger partial charge in [0.1, 0.15) is 17.6 Å². The van der Waals surface area contributed by atoms with Crippen LogP contribution in [0.1, 0.15) is 25.3 Å². The van der Waals surface area contributed by atoms with E-state index in [1.54, 1.807) is 6.07 Å². The van der Waals surface area contributed by atoms with Gasteiger partial charge in [0.05, 0.1) is 13.7 Å². The summed E-state index contributed by atoms with van der Waals surface area (Å²) in [4.78, 5) is 22.9. The molecule has 0 amide bonds. The number of hydrogen-bond acceptors (Lipinski definition) is 8. The van der Waals surface area contributed by atoms with E-state index in [9.17, 15) is 14.7 Å². The second kappa shape index (κ2) is 7.98. The summed E-state index contributed by atoms with van der Waals surface area (Å²) in [7, 11) is 1.24. The van der Waals surface area contributed by atoms with Crippen LogP contribution < -0.4 is 4.74 Å². The normalized spacial score (nSPS) is 23.4. The lowest BCUT2D eigenvalue weighted by Gasteiger charge is -2.33. The number of rotatable bonds is 5. The maximum Gasteiger partial charge on any atom is 0.335 e. The minimum Gasteiger partial charge on any atom is -0.507 e. The van der Waals surface area contributed by atoms with Gasteiger partial charge in [-0.05, 0) is 12.1 Å². The Morgan fingerprint density at radius 1 is 1.33 bits per heavy atom. The van der Waals surface area contributed by atoms with E-state index in [0.717, 1.165) is 0 Å². The van der Waals surface area contributed by atoms with Crippen molar-refractivity contribution in [3.63, 3.8) is 0 Å². The lowest BCUT2D eigenvalue weighted by Crippen LogP contribution is -2.44. The number of methoxy groups -OCH3 is 1. The van der Waals surface area contributed by atoms with E-state index in [-0.39, 0.29) is 25.2 Å². The van der Waals surface area contributed by atoms with Crippen LogP contribution in [0.15, 0.2) is 18.2 Å². The Bertz CT molecular complexity index is 600. The van der Waals surface area contributed by atoms with Crippen LogP contribution in [0.5, 0.6) is 11.5 Å². The molecule has 1 fully saturated rings. The summed E-state index contributed by atoms with van der Waals surface area (Å²) in [5.41, 5.74) is 0.358. The molecule has 1 aliphatic heterocycles. The van der Waals surface area contributed by atoms with Crippen molar-refractivity contribution in [1.82, 2.24) is 0 Å². The molecule has 8 heteroatoms. The van der Waals surface area contributed by atoms with Crippen LogP contribution in [-0.4, -0.2) is 47.8 Å². The highest BCUT2D eigenvalue weighted by Crippen LogP contribution is 2.29. The Balaban J connectivity index is 2.10. The van der Waals surface area contributed by atoms with Crippen LogP contribution in [0.2, 0.25) is 0 Å². The molecule has 0 unspecified atom stereocenters. The molecule has 1 aromatic rings. The monoisotopic (exact) mass is 340 g/mol. The van der Waals surface area contributed by atoms with Gasteiger partial charge in [0.15, 0.2) is 6.10 Å². The summed E-state index contributed by atoms with van der Waals surface area (Å²) in [5, 5.41) is 18.8. The Morgan fingerprint density at radius 3 is 2.67 bits per heavy atom. The summed E-state index contributed by atoms with van der Waals surface area (Å²) in [5.74, 6) is -0.873. The van der Waals surface area contributed by atoms with Crippen molar-refractivity contribution in [2.24, 2.45) is 0 Å². The molecule has 0 aliphatic carbocycles. The van der Waals surface area contributed by atoms with Crippen LogP contribution >= 0.6 is 0 Å². The van der Waals surface area contributed by atoms with Gasteiger partial charge in [-0.3, -0.25) is 4.79 Å². The largest absolute Gasteiger partial charge is 0.507 e. The molecule has 1 heterocycles. The molecule has 0 bridgehead atoms. The summed E-state index contributed by atoms with van der Waals surface area (Å²) in [6.07, 6.45) is -1.90. The Kier molecular flexibility index (Phi) is 5.99. The molecular weight excluding hydrogens is 320 g/mol. The van der Waals surface area contributed by atoms with Crippen LogP contribution in [0.3, 0.4) is 0 Å². The molecule has 0 saturated carbocycles. The Hall–Kier alpha value is -2.32. The molecule has 3 atom stereocenters. The van der Waals surface area contributed by atoms with E-state index >= 15 is 0 Å². The smallest absolute Gasteiger partial charge is 0.335 e. The van der Waals surface area contributed by atoms with E-state index < -0.39 is 30.4 Å². The standard InChI is InChI=1S/C16H20O8/c1-9(18)22-12-6-14(16(20)21-2)24-15(7-12)23-11-4-3-10(8-17)13(19)5-11/h3-5,12,14-15,17,19H,6-8H2,1-2H3/t12-,14-,15+/m0/s1. The van der Waals surface area contributed by atoms with Crippen molar-refractivity contribution < 1.29 is 38.7 Å².